The van der Waals surface area contributed by atoms with Crippen LogP contribution in [-0.2, 0) is 9.59 Å². The van der Waals surface area contributed by atoms with E-state index in [4.69, 9.17) is 0 Å². The van der Waals surface area contributed by atoms with Crippen LogP contribution in [0, 0.1) is 0 Å². The van der Waals surface area contributed by atoms with E-state index >= 15 is 0 Å². The Hall–Kier alpha value is -3.14. The fraction of sp³-hybridized carbons (Fsp3) is 0.357. The van der Waals surface area contributed by atoms with Crippen molar-refractivity contribution in [3.63, 3.8) is 0 Å². The average Bonchev–Trinajstić information content (AvgIpc) is 2.79. The highest BCUT2D eigenvalue weighted by molar-refractivity contribution is 5.92. The molecule has 4 nitrogen and oxygen atoms in total. The van der Waals surface area contributed by atoms with Crippen molar-refractivity contribution in [1.82, 2.24) is 10.6 Å². The molecule has 2 aromatic rings. The number of amides is 2. The van der Waals surface area contributed by atoms with Gasteiger partial charge in [0.05, 0.1) is 0 Å². The van der Waals surface area contributed by atoms with Crippen LogP contribution in [0.1, 0.15) is 74.6 Å². The van der Waals surface area contributed by atoms with E-state index in [-0.39, 0.29) is 11.8 Å². The molecule has 0 radical (unpaired) electrons. The lowest BCUT2D eigenvalue weighted by molar-refractivity contribution is -0.117. The molecule has 2 N–H and O–H groups in total. The molecule has 2 rings (SSSR count). The second kappa shape index (κ2) is 13.3. The second-order valence-electron chi connectivity index (χ2n) is 8.60. The molecule has 0 saturated heterocycles. The Morgan fingerprint density at radius 3 is 1.31 bits per heavy atom. The third-order valence-corrected chi connectivity index (χ3v) is 5.26. The summed E-state index contributed by atoms with van der Waals surface area (Å²) < 4.78 is 0. The van der Waals surface area contributed by atoms with Crippen LogP contribution < -0.4 is 10.6 Å². The van der Waals surface area contributed by atoms with Gasteiger partial charge in [-0.05, 0) is 59.1 Å². The van der Waals surface area contributed by atoms with Crippen LogP contribution >= 0.6 is 0 Å². The highest BCUT2D eigenvalue weighted by Crippen LogP contribution is 2.16. The van der Waals surface area contributed by atoms with Gasteiger partial charge in [0.25, 0.3) is 0 Å². The molecule has 170 valence electrons. The van der Waals surface area contributed by atoms with E-state index in [2.05, 4.69) is 62.6 Å². The molecule has 2 aromatic carbocycles. The van der Waals surface area contributed by atoms with Crippen molar-refractivity contribution in [3.05, 3.63) is 82.9 Å². The zero-order valence-corrected chi connectivity index (χ0v) is 19.7. The number of hydrogen-bond acceptors (Lipinski definition) is 2. The van der Waals surface area contributed by atoms with Gasteiger partial charge in [-0.1, -0.05) is 76.2 Å². The first-order valence-electron chi connectivity index (χ1n) is 11.5. The number of benzene rings is 2. The summed E-state index contributed by atoms with van der Waals surface area (Å²) in [7, 11) is 0. The van der Waals surface area contributed by atoms with Crippen molar-refractivity contribution in [1.29, 1.82) is 0 Å². The van der Waals surface area contributed by atoms with Crippen LogP contribution in [0.2, 0.25) is 0 Å². The quantitative estimate of drug-likeness (QED) is 0.355. The van der Waals surface area contributed by atoms with Crippen LogP contribution in [0.5, 0.6) is 0 Å². The summed E-state index contributed by atoms with van der Waals surface area (Å²) >= 11 is 0. The molecule has 0 bridgehead atoms. The maximum atomic E-state index is 11.9. The molecule has 4 heteroatoms. The highest BCUT2D eigenvalue weighted by Gasteiger charge is 2.00. The van der Waals surface area contributed by atoms with Gasteiger partial charge in [0.2, 0.25) is 11.8 Å². The molecule has 2 amide bonds. The van der Waals surface area contributed by atoms with Crippen LogP contribution in [-0.4, -0.2) is 24.9 Å². The first kappa shape index (κ1) is 25.1. The van der Waals surface area contributed by atoms with Crippen molar-refractivity contribution in [2.45, 2.75) is 52.4 Å². The smallest absolute Gasteiger partial charge is 0.243 e. The molecule has 0 spiro atoms. The Morgan fingerprint density at radius 1 is 0.656 bits per heavy atom. The van der Waals surface area contributed by atoms with Crippen molar-refractivity contribution in [2.75, 3.05) is 13.1 Å². The monoisotopic (exact) mass is 432 g/mol. The molecule has 0 aliphatic heterocycles. The number of carbonyl (C=O) groups excluding carboxylic acids is 2. The lowest BCUT2D eigenvalue weighted by Gasteiger charge is -2.05. The lowest BCUT2D eigenvalue weighted by Crippen LogP contribution is -2.25. The number of unbranched alkanes of at least 4 members (excludes halogenated alkanes) is 1. The number of hydrogen-bond donors (Lipinski definition) is 2. The maximum absolute atomic E-state index is 11.9. The average molecular weight is 433 g/mol. The zero-order chi connectivity index (χ0) is 23.3. The summed E-state index contributed by atoms with van der Waals surface area (Å²) in [5.74, 6) is 0.792. The zero-order valence-electron chi connectivity index (χ0n) is 19.7. The van der Waals surface area contributed by atoms with E-state index in [0.29, 0.717) is 24.9 Å². The molecule has 32 heavy (non-hydrogen) atoms. The molecule has 0 unspecified atom stereocenters. The summed E-state index contributed by atoms with van der Waals surface area (Å²) in [4.78, 5) is 23.9. The predicted octanol–water partition coefficient (Wildman–Crippen LogP) is 5.67. The summed E-state index contributed by atoms with van der Waals surface area (Å²) in [6.45, 7) is 9.81. The standard InChI is InChI=1S/C28H36N2O2/c1-21(2)25-13-7-23(8-14-25)11-17-27(31)29-19-5-6-20-30-28(32)18-12-24-9-15-26(16-10-24)22(3)4/h7-18,21-22H,5-6,19-20H2,1-4H3,(H,29,31)(H,30,32)/b17-11-,18-12-. The van der Waals surface area contributed by atoms with Gasteiger partial charge in [-0.15, -0.1) is 0 Å². The Balaban J connectivity index is 1.59. The molecule has 0 heterocycles. The number of rotatable bonds is 11. The molecule has 0 saturated carbocycles. The van der Waals surface area contributed by atoms with Crippen LogP contribution in [0.4, 0.5) is 0 Å². The van der Waals surface area contributed by atoms with Gasteiger partial charge >= 0.3 is 0 Å². The van der Waals surface area contributed by atoms with E-state index < -0.39 is 0 Å². The molecule has 0 aliphatic rings. The van der Waals surface area contributed by atoms with Gasteiger partial charge in [-0.25, -0.2) is 0 Å². The van der Waals surface area contributed by atoms with Gasteiger partial charge < -0.3 is 10.6 Å². The summed E-state index contributed by atoms with van der Waals surface area (Å²) in [6.07, 6.45) is 8.38. The van der Waals surface area contributed by atoms with Gasteiger partial charge in [0, 0.05) is 25.2 Å². The lowest BCUT2D eigenvalue weighted by atomic mass is 10.0. The second-order valence-corrected chi connectivity index (χ2v) is 8.60. The fourth-order valence-corrected chi connectivity index (χ4v) is 3.12. The van der Waals surface area contributed by atoms with E-state index in [9.17, 15) is 9.59 Å². The molecule has 0 atom stereocenters. The highest BCUT2D eigenvalue weighted by atomic mass is 16.2. The Bertz CT molecular complexity index is 830. The van der Waals surface area contributed by atoms with Crippen molar-refractivity contribution >= 4 is 24.0 Å². The van der Waals surface area contributed by atoms with Gasteiger partial charge in [-0.2, -0.15) is 0 Å². The van der Waals surface area contributed by atoms with Crippen LogP contribution in [0.15, 0.2) is 60.7 Å². The number of nitrogens with one attached hydrogen (secondary N) is 2. The van der Waals surface area contributed by atoms with Crippen molar-refractivity contribution in [2.24, 2.45) is 0 Å². The minimum atomic E-state index is -0.103. The Kier molecular flexibility index (Phi) is 10.5. The topological polar surface area (TPSA) is 58.2 Å². The third-order valence-electron chi connectivity index (χ3n) is 5.26. The SMILES string of the molecule is CC(C)c1ccc(/C=C\C(=O)NCCCCNC(=O)/C=C\c2ccc(C(C)C)cc2)cc1. The molecular formula is C28H36N2O2. The van der Waals surface area contributed by atoms with E-state index in [1.165, 1.54) is 11.1 Å². The Morgan fingerprint density at radius 2 is 1.00 bits per heavy atom. The van der Waals surface area contributed by atoms with Crippen molar-refractivity contribution in [3.8, 4) is 0 Å². The maximum Gasteiger partial charge on any atom is 0.243 e. The normalized spacial score (nSPS) is 11.6. The van der Waals surface area contributed by atoms with Crippen LogP contribution in [0.25, 0.3) is 12.2 Å². The minimum Gasteiger partial charge on any atom is -0.353 e. The molecule has 0 aliphatic carbocycles. The minimum absolute atomic E-state index is 0.103. The van der Waals surface area contributed by atoms with Crippen molar-refractivity contribution < 1.29 is 9.59 Å². The fourth-order valence-electron chi connectivity index (χ4n) is 3.12. The summed E-state index contributed by atoms with van der Waals surface area (Å²) in [5, 5.41) is 5.75. The van der Waals surface area contributed by atoms with Gasteiger partial charge in [0.1, 0.15) is 0 Å². The Labute approximate surface area is 192 Å². The first-order valence-corrected chi connectivity index (χ1v) is 11.5. The number of carbonyl (C=O) groups is 2. The predicted molar refractivity (Wildman–Crippen MR) is 134 cm³/mol. The third kappa shape index (κ3) is 9.34. The summed E-state index contributed by atoms with van der Waals surface area (Å²) in [5.41, 5.74) is 4.59. The van der Waals surface area contributed by atoms with E-state index in [1.54, 1.807) is 12.2 Å². The van der Waals surface area contributed by atoms with E-state index in [0.717, 1.165) is 24.0 Å². The van der Waals surface area contributed by atoms with Gasteiger partial charge in [0.15, 0.2) is 0 Å². The molecule has 0 aromatic heterocycles. The summed E-state index contributed by atoms with van der Waals surface area (Å²) in [6, 6.07) is 16.5. The van der Waals surface area contributed by atoms with Crippen LogP contribution in [0.3, 0.4) is 0 Å². The largest absolute Gasteiger partial charge is 0.353 e. The van der Waals surface area contributed by atoms with Gasteiger partial charge in [-0.3, -0.25) is 9.59 Å². The first-order chi connectivity index (χ1) is 15.3. The van der Waals surface area contributed by atoms with E-state index in [1.807, 2.05) is 36.4 Å². The molecular weight excluding hydrogens is 396 g/mol. The molecule has 0 fully saturated rings.